The van der Waals surface area contributed by atoms with E-state index in [9.17, 15) is 9.59 Å². The Morgan fingerprint density at radius 1 is 1.35 bits per heavy atom. The monoisotopic (exact) mass is 391 g/mol. The van der Waals surface area contributed by atoms with E-state index in [1.807, 2.05) is 19.3 Å². The van der Waals surface area contributed by atoms with Crippen LogP contribution in [0.25, 0.3) is 10.9 Å². The number of aromatic nitrogens is 3. The molecule has 0 saturated heterocycles. The average Bonchev–Trinajstić information content (AvgIpc) is 3.05. The number of fused-ring (bicyclic) bond motifs is 1. The van der Waals surface area contributed by atoms with Crippen LogP contribution in [0, 0.1) is 0 Å². The number of carbonyl (C=O) groups excluding carboxylic acids is 1. The predicted octanol–water partition coefficient (Wildman–Crippen LogP) is 3.01. The number of aryl methyl sites for hydroxylation is 1. The normalized spacial score (nSPS) is 11.2. The molecule has 0 aliphatic heterocycles. The summed E-state index contributed by atoms with van der Waals surface area (Å²) in [5.74, 6) is 0.157. The summed E-state index contributed by atoms with van der Waals surface area (Å²) in [6.07, 6.45) is 1.82. The van der Waals surface area contributed by atoms with Crippen LogP contribution in [0.5, 0.6) is 0 Å². The van der Waals surface area contributed by atoms with Crippen LogP contribution in [0.15, 0.2) is 46.5 Å². The number of methoxy groups -OCH3 is 1. The van der Waals surface area contributed by atoms with Crippen LogP contribution in [0.2, 0.25) is 5.02 Å². The molecule has 0 aliphatic rings. The highest BCUT2D eigenvalue weighted by atomic mass is 35.5. The van der Waals surface area contributed by atoms with E-state index >= 15 is 0 Å². The number of rotatable bonds is 7. The van der Waals surface area contributed by atoms with Crippen molar-refractivity contribution in [2.45, 2.75) is 11.7 Å². The van der Waals surface area contributed by atoms with Gasteiger partial charge in [0.2, 0.25) is 0 Å². The molecule has 0 amide bonds. The van der Waals surface area contributed by atoms with Crippen LogP contribution >= 0.6 is 23.4 Å². The number of hydrogen-bond acceptors (Lipinski definition) is 5. The molecule has 0 unspecified atom stereocenters. The first-order valence-electron chi connectivity index (χ1n) is 7.97. The average molecular weight is 392 g/mol. The zero-order valence-corrected chi connectivity index (χ0v) is 16.0. The largest absolute Gasteiger partial charge is 0.383 e. The maximum absolute atomic E-state index is 12.8. The molecule has 3 aromatic rings. The molecule has 6 nitrogen and oxygen atoms in total. The van der Waals surface area contributed by atoms with Crippen LogP contribution in [-0.4, -0.2) is 39.4 Å². The molecule has 1 aromatic carbocycles. The Bertz CT molecular complexity index is 1010. The van der Waals surface area contributed by atoms with Crippen LogP contribution in [0.3, 0.4) is 0 Å². The zero-order valence-electron chi connectivity index (χ0n) is 14.4. The summed E-state index contributed by atoms with van der Waals surface area (Å²) >= 11 is 7.26. The maximum atomic E-state index is 12.8. The lowest BCUT2D eigenvalue weighted by Crippen LogP contribution is -2.25. The summed E-state index contributed by atoms with van der Waals surface area (Å²) in [5.41, 5.74) is 0.967. The van der Waals surface area contributed by atoms with Gasteiger partial charge in [-0.05, 0) is 30.3 Å². The highest BCUT2D eigenvalue weighted by molar-refractivity contribution is 7.99. The standard InChI is InChI=1S/C18H18ClN3O3S/c1-21-7-3-4-15(21)16(23)11-26-18-20-14-10-12(19)5-6-13(14)17(24)22(18)8-9-25-2/h3-7,10H,8-9,11H2,1-2H3. The Morgan fingerprint density at radius 2 is 2.15 bits per heavy atom. The third-order valence-corrected chi connectivity index (χ3v) is 5.17. The number of nitrogens with zero attached hydrogens (tertiary/aromatic N) is 3. The number of ketones is 1. The number of Topliss-reactive ketones (excluding diaryl/α,β-unsaturated/α-hetero) is 1. The van der Waals surface area contributed by atoms with E-state index < -0.39 is 0 Å². The fourth-order valence-corrected chi connectivity index (χ4v) is 3.69. The SMILES string of the molecule is COCCn1c(SCC(=O)c2cccn2C)nc2cc(Cl)ccc2c1=O. The second kappa shape index (κ2) is 8.07. The van der Waals surface area contributed by atoms with Gasteiger partial charge in [-0.2, -0.15) is 0 Å². The highest BCUT2D eigenvalue weighted by Crippen LogP contribution is 2.21. The lowest BCUT2D eigenvalue weighted by atomic mass is 10.2. The fourth-order valence-electron chi connectivity index (χ4n) is 2.62. The molecule has 2 aromatic heterocycles. The Balaban J connectivity index is 1.95. The third kappa shape index (κ3) is 3.85. The Kier molecular flexibility index (Phi) is 5.80. The highest BCUT2D eigenvalue weighted by Gasteiger charge is 2.15. The van der Waals surface area contributed by atoms with Gasteiger partial charge < -0.3 is 9.30 Å². The van der Waals surface area contributed by atoms with Gasteiger partial charge in [0.05, 0.1) is 35.5 Å². The van der Waals surface area contributed by atoms with E-state index in [0.717, 1.165) is 0 Å². The van der Waals surface area contributed by atoms with Crippen molar-refractivity contribution in [2.24, 2.45) is 7.05 Å². The molecule has 136 valence electrons. The first-order chi connectivity index (χ1) is 12.5. The molecule has 0 spiro atoms. The van der Waals surface area contributed by atoms with E-state index in [1.54, 1.807) is 40.5 Å². The molecule has 0 fully saturated rings. The van der Waals surface area contributed by atoms with Crippen molar-refractivity contribution in [3.8, 4) is 0 Å². The predicted molar refractivity (Wildman–Crippen MR) is 103 cm³/mol. The van der Waals surface area contributed by atoms with Crippen LogP contribution in [-0.2, 0) is 18.3 Å². The Morgan fingerprint density at radius 3 is 2.85 bits per heavy atom. The minimum absolute atomic E-state index is 0.0266. The molecule has 8 heteroatoms. The molecular weight excluding hydrogens is 374 g/mol. The lowest BCUT2D eigenvalue weighted by molar-refractivity contribution is 0.101. The van der Waals surface area contributed by atoms with Gasteiger partial charge in [-0.1, -0.05) is 23.4 Å². The number of thioether (sulfide) groups is 1. The molecule has 3 rings (SSSR count). The summed E-state index contributed by atoms with van der Waals surface area (Å²) in [5, 5.41) is 1.47. The number of ether oxygens (including phenoxy) is 1. The molecule has 0 aliphatic carbocycles. The van der Waals surface area contributed by atoms with Gasteiger partial charge in [0.25, 0.3) is 5.56 Å². The fraction of sp³-hybridized carbons (Fsp3) is 0.278. The summed E-state index contributed by atoms with van der Waals surface area (Å²) in [7, 11) is 3.40. The van der Waals surface area contributed by atoms with E-state index in [4.69, 9.17) is 16.3 Å². The van der Waals surface area contributed by atoms with E-state index in [1.165, 1.54) is 11.8 Å². The molecule has 0 saturated carbocycles. The van der Waals surface area contributed by atoms with Gasteiger partial charge >= 0.3 is 0 Å². The third-order valence-electron chi connectivity index (χ3n) is 3.96. The van der Waals surface area contributed by atoms with Crippen molar-refractivity contribution in [1.82, 2.24) is 14.1 Å². The van der Waals surface area contributed by atoms with E-state index in [-0.39, 0.29) is 17.1 Å². The van der Waals surface area contributed by atoms with Gasteiger partial charge in [-0.15, -0.1) is 0 Å². The maximum Gasteiger partial charge on any atom is 0.262 e. The minimum atomic E-state index is -0.169. The summed E-state index contributed by atoms with van der Waals surface area (Å²) < 4.78 is 8.42. The molecular formula is C18H18ClN3O3S. The molecule has 0 atom stereocenters. The minimum Gasteiger partial charge on any atom is -0.383 e. The summed E-state index contributed by atoms with van der Waals surface area (Å²) in [6.45, 7) is 0.738. The first kappa shape index (κ1) is 18.7. The van der Waals surface area contributed by atoms with Gasteiger partial charge in [0.15, 0.2) is 10.9 Å². The number of carbonyl (C=O) groups is 1. The van der Waals surface area contributed by atoms with Gasteiger partial charge in [-0.25, -0.2) is 4.98 Å². The quantitative estimate of drug-likeness (QED) is 0.352. The summed E-state index contributed by atoms with van der Waals surface area (Å²) in [6, 6.07) is 8.58. The molecule has 0 bridgehead atoms. The van der Waals surface area contributed by atoms with Crippen molar-refractivity contribution in [3.63, 3.8) is 0 Å². The van der Waals surface area contributed by atoms with Crippen molar-refractivity contribution in [3.05, 3.63) is 57.6 Å². The molecule has 0 radical (unpaired) electrons. The van der Waals surface area contributed by atoms with Crippen molar-refractivity contribution >= 4 is 40.0 Å². The topological polar surface area (TPSA) is 66.1 Å². The number of halogens is 1. The number of hydrogen-bond donors (Lipinski definition) is 0. The molecule has 26 heavy (non-hydrogen) atoms. The smallest absolute Gasteiger partial charge is 0.262 e. The lowest BCUT2D eigenvalue weighted by Gasteiger charge is -2.12. The van der Waals surface area contributed by atoms with E-state index in [0.29, 0.717) is 39.9 Å². The molecule has 2 heterocycles. The van der Waals surface area contributed by atoms with Crippen LogP contribution < -0.4 is 5.56 Å². The first-order valence-corrected chi connectivity index (χ1v) is 9.34. The molecule has 0 N–H and O–H groups in total. The number of benzene rings is 1. The zero-order chi connectivity index (χ0) is 18.7. The Hall–Kier alpha value is -2.09. The van der Waals surface area contributed by atoms with Gasteiger partial charge in [0.1, 0.15) is 0 Å². The van der Waals surface area contributed by atoms with Crippen LogP contribution in [0.4, 0.5) is 0 Å². The summed E-state index contributed by atoms with van der Waals surface area (Å²) in [4.78, 5) is 29.8. The second-order valence-corrected chi connectivity index (χ2v) is 7.10. The van der Waals surface area contributed by atoms with Gasteiger partial charge in [0, 0.05) is 25.4 Å². The second-order valence-electron chi connectivity index (χ2n) is 5.72. The van der Waals surface area contributed by atoms with E-state index in [2.05, 4.69) is 4.98 Å². The van der Waals surface area contributed by atoms with Crippen molar-refractivity contribution in [1.29, 1.82) is 0 Å². The van der Waals surface area contributed by atoms with Gasteiger partial charge in [-0.3, -0.25) is 14.2 Å². The van der Waals surface area contributed by atoms with Crippen molar-refractivity contribution in [2.75, 3.05) is 19.5 Å². The van der Waals surface area contributed by atoms with Crippen LogP contribution in [0.1, 0.15) is 10.5 Å². The Labute approximate surface area is 159 Å². The van der Waals surface area contributed by atoms with Crippen molar-refractivity contribution < 1.29 is 9.53 Å².